The molecule has 28 heavy (non-hydrogen) atoms. The summed E-state index contributed by atoms with van der Waals surface area (Å²) in [6.45, 7) is 1.24. The van der Waals surface area contributed by atoms with Crippen LogP contribution in [0.4, 0.5) is 11.9 Å². The predicted molar refractivity (Wildman–Crippen MR) is 113 cm³/mol. The molecular formula is C16H22Cl2N10. The topological polar surface area (TPSA) is 152 Å². The summed E-state index contributed by atoms with van der Waals surface area (Å²) in [6.07, 6.45) is 9.79. The van der Waals surface area contributed by atoms with Crippen molar-refractivity contribution in [3.05, 3.63) is 34.8 Å². The van der Waals surface area contributed by atoms with Crippen LogP contribution in [0.3, 0.4) is 0 Å². The molecule has 12 heteroatoms. The van der Waals surface area contributed by atoms with E-state index in [9.17, 15) is 0 Å². The van der Waals surface area contributed by atoms with Crippen molar-refractivity contribution in [3.8, 4) is 0 Å². The van der Waals surface area contributed by atoms with E-state index in [1.807, 2.05) is 0 Å². The Hall–Kier alpha value is -2.72. The highest BCUT2D eigenvalue weighted by atomic mass is 35.5. The third kappa shape index (κ3) is 8.78. The lowest BCUT2D eigenvalue weighted by Gasteiger charge is -2.04. The average molecular weight is 425 g/mol. The fourth-order valence-electron chi connectivity index (χ4n) is 2.04. The minimum absolute atomic E-state index is 0.273. The van der Waals surface area contributed by atoms with E-state index in [2.05, 4.69) is 40.6 Å². The Morgan fingerprint density at radius 3 is 1.43 bits per heavy atom. The number of hydrogen-bond donors (Lipinski definition) is 4. The molecule has 0 spiro atoms. The van der Waals surface area contributed by atoms with E-state index in [0.717, 1.165) is 25.7 Å². The van der Waals surface area contributed by atoms with Gasteiger partial charge in [0.1, 0.15) is 0 Å². The van der Waals surface area contributed by atoms with E-state index in [0.29, 0.717) is 35.0 Å². The molecule has 2 heterocycles. The van der Waals surface area contributed by atoms with Crippen molar-refractivity contribution in [2.24, 2.45) is 21.5 Å². The van der Waals surface area contributed by atoms with Gasteiger partial charge >= 0.3 is 0 Å². The molecule has 0 bridgehead atoms. The molecule has 0 aliphatic carbocycles. The number of halogens is 2. The van der Waals surface area contributed by atoms with Crippen LogP contribution in [0.1, 0.15) is 25.7 Å². The highest BCUT2D eigenvalue weighted by Gasteiger charge is 1.99. The second-order valence-corrected chi connectivity index (χ2v) is 6.52. The van der Waals surface area contributed by atoms with Gasteiger partial charge in [0, 0.05) is 13.1 Å². The molecule has 0 amide bonds. The molecule has 150 valence electrons. The van der Waals surface area contributed by atoms with Crippen molar-refractivity contribution in [1.29, 1.82) is 0 Å². The normalized spacial score (nSPS) is 12.1. The van der Waals surface area contributed by atoms with Crippen LogP contribution in [-0.2, 0) is 0 Å². The zero-order chi connectivity index (χ0) is 20.2. The average Bonchev–Trinajstić information content (AvgIpc) is 2.67. The number of rotatable bonds is 9. The summed E-state index contributed by atoms with van der Waals surface area (Å²) < 4.78 is 0. The summed E-state index contributed by atoms with van der Waals surface area (Å²) in [5.41, 5.74) is 11.6. The lowest BCUT2D eigenvalue weighted by atomic mass is 10.2. The molecule has 0 saturated heterocycles. The number of anilines is 2. The van der Waals surface area contributed by atoms with Gasteiger partial charge in [0.15, 0.2) is 11.9 Å². The SMILES string of the molecule is NC(=NCCCCCCN=C(N)Nc1ncc(Cl)cn1)Nc1ncc(Cl)cn1. The third-order valence-corrected chi connectivity index (χ3v) is 3.74. The summed E-state index contributed by atoms with van der Waals surface area (Å²) in [4.78, 5) is 24.4. The molecule has 0 saturated carbocycles. The number of nitrogens with two attached hydrogens (primary N) is 2. The number of unbranched alkanes of at least 4 members (excludes halogenated alkanes) is 3. The Kier molecular flexibility index (Phi) is 9.16. The summed E-state index contributed by atoms with van der Waals surface area (Å²) >= 11 is 11.4. The van der Waals surface area contributed by atoms with Gasteiger partial charge < -0.3 is 11.5 Å². The van der Waals surface area contributed by atoms with Gasteiger partial charge in [0.05, 0.1) is 34.8 Å². The molecule has 0 aliphatic rings. The maximum Gasteiger partial charge on any atom is 0.229 e. The number of aromatic nitrogens is 4. The molecule has 0 radical (unpaired) electrons. The minimum Gasteiger partial charge on any atom is -0.370 e. The number of nitrogens with one attached hydrogen (secondary N) is 2. The summed E-state index contributed by atoms with van der Waals surface area (Å²) in [5.74, 6) is 1.27. The fraction of sp³-hybridized carbons (Fsp3) is 0.375. The van der Waals surface area contributed by atoms with E-state index in [1.54, 1.807) is 0 Å². The van der Waals surface area contributed by atoms with E-state index in [1.165, 1.54) is 24.8 Å². The van der Waals surface area contributed by atoms with Crippen LogP contribution >= 0.6 is 23.2 Å². The second-order valence-electron chi connectivity index (χ2n) is 5.65. The van der Waals surface area contributed by atoms with Crippen LogP contribution in [-0.4, -0.2) is 44.9 Å². The smallest absolute Gasteiger partial charge is 0.229 e. The Labute approximate surface area is 172 Å². The number of aliphatic imine (C=N–C) groups is 2. The van der Waals surface area contributed by atoms with Gasteiger partial charge in [0.2, 0.25) is 11.9 Å². The van der Waals surface area contributed by atoms with E-state index < -0.39 is 0 Å². The van der Waals surface area contributed by atoms with Gasteiger partial charge in [-0.1, -0.05) is 36.0 Å². The number of nitrogens with zero attached hydrogens (tertiary/aromatic N) is 6. The van der Waals surface area contributed by atoms with Crippen molar-refractivity contribution in [3.63, 3.8) is 0 Å². The van der Waals surface area contributed by atoms with Crippen molar-refractivity contribution < 1.29 is 0 Å². The van der Waals surface area contributed by atoms with Crippen LogP contribution in [0.5, 0.6) is 0 Å². The Bertz CT molecular complexity index is 710. The zero-order valence-corrected chi connectivity index (χ0v) is 16.7. The van der Waals surface area contributed by atoms with Crippen LogP contribution in [0.15, 0.2) is 34.8 Å². The Balaban J connectivity index is 1.54. The minimum atomic E-state index is 0.273. The fourth-order valence-corrected chi connectivity index (χ4v) is 2.23. The molecule has 0 aliphatic heterocycles. The van der Waals surface area contributed by atoms with Crippen LogP contribution in [0.25, 0.3) is 0 Å². The first-order valence-electron chi connectivity index (χ1n) is 8.62. The lowest BCUT2D eigenvalue weighted by molar-refractivity contribution is 0.654. The molecule has 10 nitrogen and oxygen atoms in total. The van der Waals surface area contributed by atoms with Gasteiger partial charge in [-0.25, -0.2) is 19.9 Å². The van der Waals surface area contributed by atoms with E-state index >= 15 is 0 Å². The van der Waals surface area contributed by atoms with E-state index in [-0.39, 0.29) is 11.9 Å². The van der Waals surface area contributed by atoms with Gasteiger partial charge in [0.25, 0.3) is 0 Å². The Morgan fingerprint density at radius 2 is 1.07 bits per heavy atom. The maximum absolute atomic E-state index is 5.78. The molecule has 0 fully saturated rings. The molecule has 6 N–H and O–H groups in total. The molecule has 0 atom stereocenters. The quantitative estimate of drug-likeness (QED) is 0.271. The first-order chi connectivity index (χ1) is 13.5. The third-order valence-electron chi connectivity index (χ3n) is 3.35. The molecular weight excluding hydrogens is 403 g/mol. The summed E-state index contributed by atoms with van der Waals surface area (Å²) in [5, 5.41) is 6.53. The second kappa shape index (κ2) is 11.9. The Morgan fingerprint density at radius 1 is 0.714 bits per heavy atom. The van der Waals surface area contributed by atoms with Crippen LogP contribution < -0.4 is 22.1 Å². The highest BCUT2D eigenvalue weighted by Crippen LogP contribution is 2.06. The van der Waals surface area contributed by atoms with Crippen LogP contribution in [0.2, 0.25) is 10.0 Å². The first kappa shape index (κ1) is 21.6. The monoisotopic (exact) mass is 424 g/mol. The van der Waals surface area contributed by atoms with Gasteiger partial charge in [-0.15, -0.1) is 0 Å². The van der Waals surface area contributed by atoms with Gasteiger partial charge in [-0.2, -0.15) is 0 Å². The van der Waals surface area contributed by atoms with Gasteiger partial charge in [-0.05, 0) is 12.8 Å². The molecule has 0 aromatic carbocycles. The molecule has 2 aromatic heterocycles. The molecule has 2 aromatic rings. The van der Waals surface area contributed by atoms with Crippen LogP contribution in [0, 0.1) is 0 Å². The van der Waals surface area contributed by atoms with Crippen molar-refractivity contribution in [2.75, 3.05) is 23.7 Å². The standard InChI is InChI=1S/C16H22Cl2N10/c17-11-7-23-15(24-8-11)27-13(19)21-5-3-1-2-4-6-22-14(20)28-16-25-9-12(18)10-26-16/h7-10H,1-6H2,(H3,19,21,23,24,27)(H3,20,22,25,26,28). The molecule has 2 rings (SSSR count). The maximum atomic E-state index is 5.78. The summed E-state index contributed by atoms with van der Waals surface area (Å²) in [6, 6.07) is 0. The zero-order valence-electron chi connectivity index (χ0n) is 15.1. The molecule has 0 unspecified atom stereocenters. The van der Waals surface area contributed by atoms with Crippen molar-refractivity contribution >= 4 is 47.0 Å². The largest absolute Gasteiger partial charge is 0.370 e. The van der Waals surface area contributed by atoms with Crippen molar-refractivity contribution in [2.45, 2.75) is 25.7 Å². The van der Waals surface area contributed by atoms with E-state index in [4.69, 9.17) is 34.7 Å². The summed E-state index contributed by atoms with van der Waals surface area (Å²) in [7, 11) is 0. The predicted octanol–water partition coefficient (Wildman–Crippen LogP) is 2.29. The van der Waals surface area contributed by atoms with Gasteiger partial charge in [-0.3, -0.25) is 20.6 Å². The number of hydrogen-bond acceptors (Lipinski definition) is 6. The first-order valence-corrected chi connectivity index (χ1v) is 9.37. The lowest BCUT2D eigenvalue weighted by Crippen LogP contribution is -2.24. The number of guanidine groups is 2. The highest BCUT2D eigenvalue weighted by molar-refractivity contribution is 6.30. The van der Waals surface area contributed by atoms with Crippen molar-refractivity contribution in [1.82, 2.24) is 19.9 Å².